The Morgan fingerprint density at radius 2 is 1.94 bits per heavy atom. The summed E-state index contributed by atoms with van der Waals surface area (Å²) in [6.07, 6.45) is 1.84. The summed E-state index contributed by atoms with van der Waals surface area (Å²) in [5.41, 5.74) is 2.32. The van der Waals surface area contributed by atoms with E-state index in [0.717, 1.165) is 16.5 Å². The van der Waals surface area contributed by atoms with Crippen molar-refractivity contribution in [3.8, 4) is 11.5 Å². The molecule has 1 fully saturated rings. The molecule has 0 radical (unpaired) electrons. The van der Waals surface area contributed by atoms with E-state index in [9.17, 15) is 9.18 Å². The first-order valence-electron chi connectivity index (χ1n) is 10.5. The van der Waals surface area contributed by atoms with Crippen molar-refractivity contribution in [3.05, 3.63) is 65.1 Å². The molecule has 0 atom stereocenters. The van der Waals surface area contributed by atoms with Gasteiger partial charge in [-0.3, -0.25) is 9.69 Å². The SMILES string of the molecule is O=C(CSc1nnc(-c2c[nH]c3ccccc23)o1)N1CCN(Cc2c(F)cccc2Cl)CC1. The molecule has 170 valence electrons. The summed E-state index contributed by atoms with van der Waals surface area (Å²) >= 11 is 7.37. The van der Waals surface area contributed by atoms with Gasteiger partial charge in [-0.15, -0.1) is 10.2 Å². The van der Waals surface area contributed by atoms with Gasteiger partial charge in [-0.2, -0.15) is 0 Å². The number of fused-ring (bicyclic) bond motifs is 1. The highest BCUT2D eigenvalue weighted by molar-refractivity contribution is 7.99. The van der Waals surface area contributed by atoms with E-state index in [-0.39, 0.29) is 17.5 Å². The van der Waals surface area contributed by atoms with Gasteiger partial charge in [0.2, 0.25) is 5.91 Å². The van der Waals surface area contributed by atoms with Gasteiger partial charge in [0.05, 0.1) is 11.3 Å². The highest BCUT2D eigenvalue weighted by Gasteiger charge is 2.23. The van der Waals surface area contributed by atoms with Gasteiger partial charge in [0.1, 0.15) is 5.82 Å². The molecule has 5 rings (SSSR count). The molecule has 2 aromatic heterocycles. The number of carbonyl (C=O) groups excluding carboxylic acids is 1. The lowest BCUT2D eigenvalue weighted by atomic mass is 10.2. The molecule has 0 unspecified atom stereocenters. The molecule has 1 N–H and O–H groups in total. The van der Waals surface area contributed by atoms with Gasteiger partial charge in [-0.1, -0.05) is 47.6 Å². The number of carbonyl (C=O) groups is 1. The maximum absolute atomic E-state index is 14.0. The van der Waals surface area contributed by atoms with E-state index in [1.54, 1.807) is 12.1 Å². The predicted octanol–water partition coefficient (Wildman–Crippen LogP) is 4.45. The number of thioether (sulfide) groups is 1. The highest BCUT2D eigenvalue weighted by atomic mass is 35.5. The van der Waals surface area contributed by atoms with Crippen LogP contribution in [0.1, 0.15) is 5.56 Å². The Hall–Kier alpha value is -2.88. The maximum Gasteiger partial charge on any atom is 0.277 e. The van der Waals surface area contributed by atoms with Crippen molar-refractivity contribution in [3.63, 3.8) is 0 Å². The van der Waals surface area contributed by atoms with Gasteiger partial charge in [0, 0.05) is 60.4 Å². The van der Waals surface area contributed by atoms with E-state index in [1.807, 2.05) is 35.4 Å². The molecule has 1 aliphatic heterocycles. The number of aromatic amines is 1. The van der Waals surface area contributed by atoms with E-state index in [2.05, 4.69) is 20.1 Å². The molecule has 1 amide bonds. The number of para-hydroxylation sites is 1. The number of piperazine rings is 1. The monoisotopic (exact) mass is 485 g/mol. The molecule has 10 heteroatoms. The Morgan fingerprint density at radius 1 is 1.12 bits per heavy atom. The van der Waals surface area contributed by atoms with E-state index >= 15 is 0 Å². The average Bonchev–Trinajstić information content (AvgIpc) is 3.47. The molecule has 7 nitrogen and oxygen atoms in total. The number of nitrogens with one attached hydrogen (secondary N) is 1. The minimum atomic E-state index is -0.302. The lowest BCUT2D eigenvalue weighted by molar-refractivity contribution is -0.130. The third kappa shape index (κ3) is 4.75. The van der Waals surface area contributed by atoms with E-state index < -0.39 is 0 Å². The van der Waals surface area contributed by atoms with Crippen LogP contribution in [0, 0.1) is 5.82 Å². The van der Waals surface area contributed by atoms with Crippen LogP contribution < -0.4 is 0 Å². The molecular weight excluding hydrogens is 465 g/mol. The second-order valence-corrected chi connectivity index (χ2v) is 9.10. The van der Waals surface area contributed by atoms with Gasteiger partial charge in [0.25, 0.3) is 11.1 Å². The molecule has 0 aliphatic carbocycles. The number of rotatable bonds is 6. The normalized spacial score (nSPS) is 14.8. The van der Waals surface area contributed by atoms with E-state index in [0.29, 0.717) is 54.4 Å². The van der Waals surface area contributed by atoms with Crippen molar-refractivity contribution in [2.45, 2.75) is 11.8 Å². The number of hydrogen-bond acceptors (Lipinski definition) is 6. The summed E-state index contributed by atoms with van der Waals surface area (Å²) in [4.78, 5) is 19.8. The Kier molecular flexibility index (Phi) is 6.34. The van der Waals surface area contributed by atoms with Gasteiger partial charge in [-0.05, 0) is 18.2 Å². The zero-order chi connectivity index (χ0) is 22.8. The summed E-state index contributed by atoms with van der Waals surface area (Å²) in [6, 6.07) is 12.6. The zero-order valence-electron chi connectivity index (χ0n) is 17.6. The Balaban J connectivity index is 1.13. The van der Waals surface area contributed by atoms with Crippen LogP contribution in [0.3, 0.4) is 0 Å². The summed E-state index contributed by atoms with van der Waals surface area (Å²) in [5, 5.41) is 10.00. The highest BCUT2D eigenvalue weighted by Crippen LogP contribution is 2.29. The number of nitrogens with zero attached hydrogens (tertiary/aromatic N) is 4. The summed E-state index contributed by atoms with van der Waals surface area (Å²) in [6.45, 7) is 2.91. The second-order valence-electron chi connectivity index (χ2n) is 7.77. The lowest BCUT2D eigenvalue weighted by Gasteiger charge is -2.34. The van der Waals surface area contributed by atoms with Gasteiger partial charge in [-0.25, -0.2) is 4.39 Å². The van der Waals surface area contributed by atoms with Crippen molar-refractivity contribution in [2.75, 3.05) is 31.9 Å². The second kappa shape index (κ2) is 9.54. The minimum Gasteiger partial charge on any atom is -0.411 e. The van der Waals surface area contributed by atoms with Crippen molar-refractivity contribution >= 4 is 40.2 Å². The first-order valence-corrected chi connectivity index (χ1v) is 11.9. The molecule has 1 saturated heterocycles. The first kappa shape index (κ1) is 21.9. The largest absolute Gasteiger partial charge is 0.411 e. The fourth-order valence-corrected chi connectivity index (χ4v) is 4.79. The number of benzene rings is 2. The maximum atomic E-state index is 14.0. The molecule has 1 aliphatic rings. The zero-order valence-corrected chi connectivity index (χ0v) is 19.2. The summed E-state index contributed by atoms with van der Waals surface area (Å²) < 4.78 is 19.8. The number of halogens is 2. The van der Waals surface area contributed by atoms with Gasteiger partial charge >= 0.3 is 0 Å². The van der Waals surface area contributed by atoms with Crippen LogP contribution >= 0.6 is 23.4 Å². The van der Waals surface area contributed by atoms with Gasteiger partial charge < -0.3 is 14.3 Å². The van der Waals surface area contributed by atoms with Crippen LogP contribution in [0.4, 0.5) is 4.39 Å². The van der Waals surface area contributed by atoms with Crippen LogP contribution in [0.5, 0.6) is 0 Å². The fourth-order valence-electron chi connectivity index (χ4n) is 3.90. The fraction of sp³-hybridized carbons (Fsp3) is 0.261. The third-order valence-electron chi connectivity index (χ3n) is 5.71. The topological polar surface area (TPSA) is 78.3 Å². The van der Waals surface area contributed by atoms with E-state index in [1.165, 1.54) is 17.8 Å². The summed E-state index contributed by atoms with van der Waals surface area (Å²) in [7, 11) is 0. The van der Waals surface area contributed by atoms with Crippen molar-refractivity contribution in [1.82, 2.24) is 25.0 Å². The number of amides is 1. The Labute approximate surface area is 198 Å². The lowest BCUT2D eigenvalue weighted by Crippen LogP contribution is -2.48. The van der Waals surface area contributed by atoms with Crippen LogP contribution in [0.25, 0.3) is 22.4 Å². The van der Waals surface area contributed by atoms with Crippen LogP contribution in [-0.2, 0) is 11.3 Å². The van der Waals surface area contributed by atoms with Crippen molar-refractivity contribution in [2.24, 2.45) is 0 Å². The Morgan fingerprint density at radius 3 is 2.76 bits per heavy atom. The molecule has 2 aromatic carbocycles. The molecule has 33 heavy (non-hydrogen) atoms. The molecule has 0 spiro atoms. The molecule has 0 saturated carbocycles. The molecule has 4 aromatic rings. The van der Waals surface area contributed by atoms with Crippen molar-refractivity contribution < 1.29 is 13.6 Å². The predicted molar refractivity (Wildman–Crippen MR) is 126 cm³/mol. The van der Waals surface area contributed by atoms with Gasteiger partial charge in [0.15, 0.2) is 0 Å². The smallest absolute Gasteiger partial charge is 0.277 e. The molecular formula is C23H21ClFN5O2S. The Bertz CT molecular complexity index is 1260. The average molecular weight is 486 g/mol. The number of hydrogen-bond donors (Lipinski definition) is 1. The molecule has 3 heterocycles. The van der Waals surface area contributed by atoms with Crippen LogP contribution in [0.15, 0.2) is 58.3 Å². The minimum absolute atomic E-state index is 0.00965. The van der Waals surface area contributed by atoms with Crippen molar-refractivity contribution in [1.29, 1.82) is 0 Å². The van der Waals surface area contributed by atoms with E-state index in [4.69, 9.17) is 16.0 Å². The standard InChI is InChI=1S/C23H21ClFN5O2S/c24-18-5-3-6-19(25)17(18)13-29-8-10-30(11-9-29)21(31)14-33-23-28-27-22(32-23)16-12-26-20-7-2-1-4-15(16)20/h1-7,12,26H,8-11,13-14H2. The quantitative estimate of drug-likeness (QED) is 0.407. The van der Waals surface area contributed by atoms with Crippen LogP contribution in [-0.4, -0.2) is 62.8 Å². The first-order chi connectivity index (χ1) is 16.1. The summed E-state index contributed by atoms with van der Waals surface area (Å²) in [5.74, 6) is 0.344. The molecule has 0 bridgehead atoms. The third-order valence-corrected chi connectivity index (χ3v) is 6.87. The van der Waals surface area contributed by atoms with Crippen LogP contribution in [0.2, 0.25) is 5.02 Å². The number of aromatic nitrogens is 3. The number of H-pyrrole nitrogens is 1.